The molecular formula is C10H14BrNO2. The van der Waals surface area contributed by atoms with Crippen LogP contribution in [0, 0.1) is 0 Å². The Morgan fingerprint density at radius 3 is 2.86 bits per heavy atom. The van der Waals surface area contributed by atoms with Crippen molar-refractivity contribution in [3.63, 3.8) is 0 Å². The highest BCUT2D eigenvalue weighted by molar-refractivity contribution is 9.10. The smallest absolute Gasteiger partial charge is 0.169 e. The molecule has 0 amide bonds. The van der Waals surface area contributed by atoms with E-state index in [0.717, 1.165) is 10.0 Å². The topological polar surface area (TPSA) is 55.5 Å². The lowest BCUT2D eigenvalue weighted by Crippen LogP contribution is -2.37. The van der Waals surface area contributed by atoms with Crippen molar-refractivity contribution in [1.29, 1.82) is 0 Å². The molecular weight excluding hydrogens is 246 g/mol. The van der Waals surface area contributed by atoms with Gasteiger partial charge in [-0.2, -0.15) is 0 Å². The number of halogens is 1. The molecule has 3 nitrogen and oxygen atoms in total. The van der Waals surface area contributed by atoms with Gasteiger partial charge in [0.05, 0.1) is 6.04 Å². The number of aliphatic hydroxyl groups excluding tert-OH is 1. The monoisotopic (exact) mass is 259 g/mol. The number of benzene rings is 1. The van der Waals surface area contributed by atoms with Crippen molar-refractivity contribution in [3.8, 4) is 0 Å². The summed E-state index contributed by atoms with van der Waals surface area (Å²) in [6, 6.07) is 7.43. The van der Waals surface area contributed by atoms with Crippen LogP contribution in [0.3, 0.4) is 0 Å². The first-order valence-electron chi connectivity index (χ1n) is 4.34. The Hall–Kier alpha value is -0.420. The number of methoxy groups -OCH3 is 1. The Labute approximate surface area is 92.0 Å². The van der Waals surface area contributed by atoms with Gasteiger partial charge in [0.25, 0.3) is 0 Å². The molecule has 0 heterocycles. The van der Waals surface area contributed by atoms with E-state index in [9.17, 15) is 5.11 Å². The van der Waals surface area contributed by atoms with Crippen LogP contribution < -0.4 is 5.73 Å². The van der Waals surface area contributed by atoms with Crippen LogP contribution in [0.4, 0.5) is 0 Å². The molecule has 0 aromatic heterocycles. The fourth-order valence-corrected chi connectivity index (χ4v) is 1.66. The number of hydrogen-bond donors (Lipinski definition) is 2. The molecule has 0 spiro atoms. The summed E-state index contributed by atoms with van der Waals surface area (Å²) >= 11 is 3.37. The zero-order valence-electron chi connectivity index (χ0n) is 7.98. The summed E-state index contributed by atoms with van der Waals surface area (Å²) < 4.78 is 5.74. The van der Waals surface area contributed by atoms with Crippen LogP contribution in [0.5, 0.6) is 0 Å². The van der Waals surface area contributed by atoms with E-state index in [2.05, 4.69) is 15.9 Å². The minimum Gasteiger partial charge on any atom is -0.367 e. The SMILES string of the molecule is COC(O)C(N)Cc1cccc(Br)c1. The molecule has 0 saturated heterocycles. The van der Waals surface area contributed by atoms with Gasteiger partial charge in [-0.25, -0.2) is 0 Å². The molecule has 0 saturated carbocycles. The molecule has 2 unspecified atom stereocenters. The van der Waals surface area contributed by atoms with Gasteiger partial charge in [-0.15, -0.1) is 0 Å². The predicted octanol–water partition coefficient (Wildman–Crippen LogP) is 1.28. The van der Waals surface area contributed by atoms with Crippen LogP contribution in [0.1, 0.15) is 5.56 Å². The number of aliphatic hydroxyl groups is 1. The molecule has 0 aliphatic rings. The molecule has 2 atom stereocenters. The fraction of sp³-hybridized carbons (Fsp3) is 0.400. The molecule has 1 rings (SSSR count). The molecule has 1 aromatic rings. The molecule has 1 aromatic carbocycles. The minimum absolute atomic E-state index is 0.394. The molecule has 0 radical (unpaired) electrons. The molecule has 78 valence electrons. The van der Waals surface area contributed by atoms with E-state index in [-0.39, 0.29) is 0 Å². The molecule has 0 bridgehead atoms. The third-order valence-corrected chi connectivity index (χ3v) is 2.46. The van der Waals surface area contributed by atoms with E-state index in [1.165, 1.54) is 7.11 Å². The number of hydrogen-bond acceptors (Lipinski definition) is 3. The summed E-state index contributed by atoms with van der Waals surface area (Å²) in [5.74, 6) is 0. The largest absolute Gasteiger partial charge is 0.367 e. The lowest BCUT2D eigenvalue weighted by molar-refractivity contribution is -0.0890. The van der Waals surface area contributed by atoms with Gasteiger partial charge in [-0.1, -0.05) is 28.1 Å². The van der Waals surface area contributed by atoms with Gasteiger partial charge in [-0.05, 0) is 24.1 Å². The zero-order valence-corrected chi connectivity index (χ0v) is 9.57. The third kappa shape index (κ3) is 3.38. The van der Waals surface area contributed by atoms with Crippen molar-refractivity contribution < 1.29 is 9.84 Å². The van der Waals surface area contributed by atoms with E-state index in [1.54, 1.807) is 0 Å². The van der Waals surface area contributed by atoms with Gasteiger partial charge >= 0.3 is 0 Å². The van der Waals surface area contributed by atoms with E-state index in [1.807, 2.05) is 24.3 Å². The van der Waals surface area contributed by atoms with Crippen LogP contribution in [0.15, 0.2) is 28.7 Å². The number of rotatable bonds is 4. The number of ether oxygens (including phenoxy) is 1. The molecule has 3 N–H and O–H groups in total. The van der Waals surface area contributed by atoms with Crippen molar-refractivity contribution >= 4 is 15.9 Å². The van der Waals surface area contributed by atoms with Crippen molar-refractivity contribution in [2.45, 2.75) is 18.8 Å². The second kappa shape index (κ2) is 5.46. The fourth-order valence-electron chi connectivity index (χ4n) is 1.21. The van der Waals surface area contributed by atoms with Crippen LogP contribution >= 0.6 is 15.9 Å². The molecule has 4 heteroatoms. The maximum atomic E-state index is 9.30. The van der Waals surface area contributed by atoms with Crippen LogP contribution in [-0.2, 0) is 11.2 Å². The number of nitrogens with two attached hydrogens (primary N) is 1. The summed E-state index contributed by atoms with van der Waals surface area (Å²) in [6.07, 6.45) is -0.317. The van der Waals surface area contributed by atoms with Gasteiger partial charge in [0, 0.05) is 11.6 Å². The average molecular weight is 260 g/mol. The highest BCUT2D eigenvalue weighted by Crippen LogP contribution is 2.13. The maximum absolute atomic E-state index is 9.30. The third-order valence-electron chi connectivity index (χ3n) is 1.97. The zero-order chi connectivity index (χ0) is 10.6. The second-order valence-electron chi connectivity index (χ2n) is 3.12. The van der Waals surface area contributed by atoms with Crippen molar-refractivity contribution in [1.82, 2.24) is 0 Å². The predicted molar refractivity (Wildman–Crippen MR) is 58.8 cm³/mol. The maximum Gasteiger partial charge on any atom is 0.169 e. The highest BCUT2D eigenvalue weighted by atomic mass is 79.9. The lowest BCUT2D eigenvalue weighted by Gasteiger charge is -2.17. The van der Waals surface area contributed by atoms with Gasteiger partial charge < -0.3 is 15.6 Å². The average Bonchev–Trinajstić information content (AvgIpc) is 2.16. The van der Waals surface area contributed by atoms with Crippen LogP contribution in [0.2, 0.25) is 0 Å². The first kappa shape index (κ1) is 11.7. The second-order valence-corrected chi connectivity index (χ2v) is 4.04. The summed E-state index contributed by atoms with van der Waals surface area (Å²) in [6.45, 7) is 0. The first-order valence-corrected chi connectivity index (χ1v) is 5.13. The van der Waals surface area contributed by atoms with Crippen molar-refractivity contribution in [2.75, 3.05) is 7.11 Å². The minimum atomic E-state index is -0.908. The summed E-state index contributed by atoms with van der Waals surface area (Å²) in [5.41, 5.74) is 6.79. The Morgan fingerprint density at radius 2 is 2.29 bits per heavy atom. The molecule has 0 fully saturated rings. The van der Waals surface area contributed by atoms with E-state index in [4.69, 9.17) is 10.5 Å². The molecule has 14 heavy (non-hydrogen) atoms. The quantitative estimate of drug-likeness (QED) is 0.802. The van der Waals surface area contributed by atoms with Crippen LogP contribution in [0.25, 0.3) is 0 Å². The summed E-state index contributed by atoms with van der Waals surface area (Å²) in [5, 5.41) is 9.30. The van der Waals surface area contributed by atoms with Crippen LogP contribution in [-0.4, -0.2) is 24.5 Å². The Morgan fingerprint density at radius 1 is 1.57 bits per heavy atom. The van der Waals surface area contributed by atoms with Gasteiger partial charge in [0.15, 0.2) is 6.29 Å². The van der Waals surface area contributed by atoms with Crippen molar-refractivity contribution in [2.24, 2.45) is 5.73 Å². The normalized spacial score (nSPS) is 15.1. The van der Waals surface area contributed by atoms with Gasteiger partial charge in [-0.3, -0.25) is 0 Å². The first-order chi connectivity index (χ1) is 6.63. The Bertz CT molecular complexity index is 293. The lowest BCUT2D eigenvalue weighted by atomic mass is 10.1. The van der Waals surface area contributed by atoms with E-state index < -0.39 is 12.3 Å². The summed E-state index contributed by atoms with van der Waals surface area (Å²) in [4.78, 5) is 0. The standard InChI is InChI=1S/C10H14BrNO2/c1-14-10(13)9(12)6-7-3-2-4-8(11)5-7/h2-5,9-10,13H,6,12H2,1H3. The van der Waals surface area contributed by atoms with Crippen molar-refractivity contribution in [3.05, 3.63) is 34.3 Å². The molecule has 0 aliphatic heterocycles. The summed E-state index contributed by atoms with van der Waals surface area (Å²) in [7, 11) is 1.44. The van der Waals surface area contributed by atoms with Gasteiger partial charge in [0.1, 0.15) is 0 Å². The molecule has 0 aliphatic carbocycles. The highest BCUT2D eigenvalue weighted by Gasteiger charge is 2.13. The van der Waals surface area contributed by atoms with Gasteiger partial charge in [0.2, 0.25) is 0 Å². The Kier molecular flexibility index (Phi) is 4.54. The Balaban J connectivity index is 2.60. The van der Waals surface area contributed by atoms with E-state index in [0.29, 0.717) is 6.42 Å². The van der Waals surface area contributed by atoms with E-state index >= 15 is 0 Å².